The van der Waals surface area contributed by atoms with Gasteiger partial charge in [0.2, 0.25) is 0 Å². The van der Waals surface area contributed by atoms with Crippen LogP contribution in [0.15, 0.2) is 6.33 Å². The molecule has 1 saturated carbocycles. The Morgan fingerprint density at radius 3 is 2.80 bits per heavy atom. The van der Waals surface area contributed by atoms with Gasteiger partial charge in [0.15, 0.2) is 0 Å². The fraction of sp³-hybridized carbons (Fsp3) is 0.786. The molecule has 2 rings (SSSR count). The van der Waals surface area contributed by atoms with E-state index in [-0.39, 0.29) is 5.97 Å². The molecule has 0 bridgehead atoms. The second kappa shape index (κ2) is 5.91. The van der Waals surface area contributed by atoms with E-state index in [0.29, 0.717) is 24.8 Å². The van der Waals surface area contributed by atoms with Crippen LogP contribution in [0.1, 0.15) is 32.5 Å². The van der Waals surface area contributed by atoms with E-state index in [1.165, 1.54) is 7.11 Å². The third kappa shape index (κ3) is 2.85. The van der Waals surface area contributed by atoms with E-state index in [1.807, 2.05) is 4.68 Å². The van der Waals surface area contributed by atoms with Gasteiger partial charge in [0.1, 0.15) is 12.2 Å². The second-order valence-electron chi connectivity index (χ2n) is 6.06. The summed E-state index contributed by atoms with van der Waals surface area (Å²) >= 11 is 0. The Bertz CT molecular complexity index is 467. The van der Waals surface area contributed by atoms with Gasteiger partial charge in [-0.05, 0) is 24.7 Å². The summed E-state index contributed by atoms with van der Waals surface area (Å²) in [6, 6.07) is 0. The summed E-state index contributed by atoms with van der Waals surface area (Å²) in [6.45, 7) is 5.34. The fourth-order valence-corrected chi connectivity index (χ4v) is 2.75. The standard InChI is InChI=1S/C14H24N4O2/c1-10(2)7-18-12(16-9-17-18)6-14(8-15,11-4-5-11)13(19)20-3/h9-11H,4-8,15H2,1-3H3. The lowest BCUT2D eigenvalue weighted by molar-refractivity contribution is -0.153. The van der Waals surface area contributed by atoms with Crippen molar-refractivity contribution in [3.8, 4) is 0 Å². The molecule has 0 radical (unpaired) electrons. The smallest absolute Gasteiger partial charge is 0.313 e. The summed E-state index contributed by atoms with van der Waals surface area (Å²) in [5, 5.41) is 4.25. The van der Waals surface area contributed by atoms with E-state index in [0.717, 1.165) is 25.2 Å². The lowest BCUT2D eigenvalue weighted by Gasteiger charge is -2.29. The molecule has 20 heavy (non-hydrogen) atoms. The molecule has 0 saturated heterocycles. The zero-order chi connectivity index (χ0) is 14.8. The Morgan fingerprint density at radius 2 is 2.30 bits per heavy atom. The Morgan fingerprint density at radius 1 is 1.60 bits per heavy atom. The lowest BCUT2D eigenvalue weighted by Crippen LogP contribution is -2.44. The van der Waals surface area contributed by atoms with Crippen molar-refractivity contribution in [3.05, 3.63) is 12.2 Å². The van der Waals surface area contributed by atoms with Gasteiger partial charge in [-0.3, -0.25) is 4.79 Å². The number of hydrogen-bond acceptors (Lipinski definition) is 5. The molecular formula is C14H24N4O2. The number of rotatable bonds is 7. The molecule has 1 atom stereocenters. The minimum atomic E-state index is -0.642. The van der Waals surface area contributed by atoms with E-state index in [1.54, 1.807) is 6.33 Å². The van der Waals surface area contributed by atoms with Gasteiger partial charge in [0.05, 0.1) is 12.5 Å². The van der Waals surface area contributed by atoms with Gasteiger partial charge in [-0.25, -0.2) is 9.67 Å². The average Bonchev–Trinajstić information content (AvgIpc) is 3.19. The largest absolute Gasteiger partial charge is 0.469 e. The highest BCUT2D eigenvalue weighted by Gasteiger charge is 2.51. The molecule has 1 unspecified atom stereocenters. The van der Waals surface area contributed by atoms with Crippen LogP contribution in [0, 0.1) is 17.3 Å². The molecule has 6 nitrogen and oxygen atoms in total. The molecular weight excluding hydrogens is 256 g/mol. The maximum Gasteiger partial charge on any atom is 0.313 e. The first kappa shape index (κ1) is 15.0. The number of ether oxygens (including phenoxy) is 1. The minimum Gasteiger partial charge on any atom is -0.469 e. The van der Waals surface area contributed by atoms with E-state index in [2.05, 4.69) is 23.9 Å². The van der Waals surface area contributed by atoms with Crippen LogP contribution in [0.3, 0.4) is 0 Å². The maximum absolute atomic E-state index is 12.2. The Balaban J connectivity index is 2.24. The molecule has 2 N–H and O–H groups in total. The van der Waals surface area contributed by atoms with Crippen LogP contribution in [-0.2, 0) is 22.5 Å². The summed E-state index contributed by atoms with van der Waals surface area (Å²) < 4.78 is 6.88. The fourth-order valence-electron chi connectivity index (χ4n) is 2.75. The number of carbonyl (C=O) groups is 1. The maximum atomic E-state index is 12.2. The number of hydrogen-bond donors (Lipinski definition) is 1. The van der Waals surface area contributed by atoms with E-state index >= 15 is 0 Å². The molecule has 1 heterocycles. The second-order valence-corrected chi connectivity index (χ2v) is 6.06. The molecule has 1 aliphatic carbocycles. The van der Waals surface area contributed by atoms with Crippen molar-refractivity contribution >= 4 is 5.97 Å². The summed E-state index contributed by atoms with van der Waals surface area (Å²) in [5.74, 6) is 1.38. The summed E-state index contributed by atoms with van der Waals surface area (Å²) in [6.07, 6.45) is 4.12. The van der Waals surface area contributed by atoms with Gasteiger partial charge < -0.3 is 10.5 Å². The van der Waals surface area contributed by atoms with Crippen LogP contribution < -0.4 is 5.73 Å². The highest BCUT2D eigenvalue weighted by atomic mass is 16.5. The van der Waals surface area contributed by atoms with Crippen molar-refractivity contribution in [3.63, 3.8) is 0 Å². The van der Waals surface area contributed by atoms with Crippen LogP contribution >= 0.6 is 0 Å². The van der Waals surface area contributed by atoms with Gasteiger partial charge >= 0.3 is 5.97 Å². The van der Waals surface area contributed by atoms with Crippen molar-refractivity contribution < 1.29 is 9.53 Å². The SMILES string of the molecule is COC(=O)C(CN)(Cc1ncnn1CC(C)C)C1CC1. The zero-order valence-electron chi connectivity index (χ0n) is 12.5. The van der Waals surface area contributed by atoms with Crippen LogP contribution in [-0.4, -0.2) is 34.4 Å². The van der Waals surface area contributed by atoms with Crippen molar-refractivity contribution in [1.29, 1.82) is 0 Å². The molecule has 0 aromatic carbocycles. The molecule has 112 valence electrons. The number of nitrogens with two attached hydrogens (primary N) is 1. The van der Waals surface area contributed by atoms with Crippen molar-refractivity contribution in [2.24, 2.45) is 23.0 Å². The normalized spacial score (nSPS) is 18.1. The molecule has 6 heteroatoms. The van der Waals surface area contributed by atoms with Crippen LogP contribution in [0.2, 0.25) is 0 Å². The van der Waals surface area contributed by atoms with Crippen molar-refractivity contribution in [2.75, 3.05) is 13.7 Å². The number of methoxy groups -OCH3 is 1. The van der Waals surface area contributed by atoms with Crippen LogP contribution in [0.25, 0.3) is 0 Å². The van der Waals surface area contributed by atoms with Gasteiger partial charge in [-0.2, -0.15) is 5.10 Å². The molecule has 0 amide bonds. The quantitative estimate of drug-likeness (QED) is 0.753. The molecule has 1 aliphatic rings. The zero-order valence-corrected chi connectivity index (χ0v) is 12.5. The highest BCUT2D eigenvalue weighted by molar-refractivity contribution is 5.78. The van der Waals surface area contributed by atoms with E-state index in [9.17, 15) is 4.79 Å². The molecule has 1 aromatic rings. The molecule has 0 aliphatic heterocycles. The highest BCUT2D eigenvalue weighted by Crippen LogP contribution is 2.47. The van der Waals surface area contributed by atoms with E-state index in [4.69, 9.17) is 10.5 Å². The monoisotopic (exact) mass is 280 g/mol. The average molecular weight is 280 g/mol. The summed E-state index contributed by atoms with van der Waals surface area (Å²) in [4.78, 5) is 16.6. The number of carbonyl (C=O) groups excluding carboxylic acids is 1. The lowest BCUT2D eigenvalue weighted by atomic mass is 9.79. The Labute approximate surface area is 119 Å². The first-order valence-electron chi connectivity index (χ1n) is 7.18. The first-order valence-corrected chi connectivity index (χ1v) is 7.18. The van der Waals surface area contributed by atoms with Gasteiger partial charge in [-0.15, -0.1) is 0 Å². The molecule has 0 spiro atoms. The van der Waals surface area contributed by atoms with Crippen molar-refractivity contribution in [2.45, 2.75) is 39.7 Å². The summed E-state index contributed by atoms with van der Waals surface area (Å²) in [7, 11) is 1.42. The number of esters is 1. The topological polar surface area (TPSA) is 83.0 Å². The van der Waals surface area contributed by atoms with Crippen LogP contribution in [0.5, 0.6) is 0 Å². The summed E-state index contributed by atoms with van der Waals surface area (Å²) in [5.41, 5.74) is 5.29. The third-order valence-electron chi connectivity index (χ3n) is 4.02. The molecule has 1 aromatic heterocycles. The van der Waals surface area contributed by atoms with Gasteiger partial charge in [-0.1, -0.05) is 13.8 Å². The number of aromatic nitrogens is 3. The minimum absolute atomic E-state index is 0.221. The number of nitrogens with zero attached hydrogens (tertiary/aromatic N) is 3. The van der Waals surface area contributed by atoms with Gasteiger partial charge in [0.25, 0.3) is 0 Å². The van der Waals surface area contributed by atoms with Crippen molar-refractivity contribution in [1.82, 2.24) is 14.8 Å². The molecule has 1 fully saturated rings. The first-order chi connectivity index (χ1) is 9.53. The Kier molecular flexibility index (Phi) is 4.42. The predicted molar refractivity (Wildman–Crippen MR) is 74.8 cm³/mol. The predicted octanol–water partition coefficient (Wildman–Crippen LogP) is 1.00. The third-order valence-corrected chi connectivity index (χ3v) is 4.02. The van der Waals surface area contributed by atoms with E-state index < -0.39 is 5.41 Å². The Hall–Kier alpha value is -1.43. The van der Waals surface area contributed by atoms with Crippen LogP contribution in [0.4, 0.5) is 0 Å². The van der Waals surface area contributed by atoms with Gasteiger partial charge in [0, 0.05) is 19.5 Å².